The predicted molar refractivity (Wildman–Crippen MR) is 85.7 cm³/mol. The highest BCUT2D eigenvalue weighted by Gasteiger charge is 2.28. The lowest BCUT2D eigenvalue weighted by Gasteiger charge is -2.15. The van der Waals surface area contributed by atoms with Crippen LogP contribution in [0.4, 0.5) is 4.79 Å². The summed E-state index contributed by atoms with van der Waals surface area (Å²) in [6, 6.07) is 7.57. The number of hydrogen-bond donors (Lipinski definition) is 2. The lowest BCUT2D eigenvalue weighted by atomic mass is 10.2. The molecule has 7 heteroatoms. The standard InChI is InChI=1S/C14H15N3O2S2/c1-8(15-13(18)10-7-20-14(19)17-10)6-12-16-9-4-2-3-5-11(9)21-12/h2-5,8,10H,6-7H2,1H3,(H,15,18)(H,17,19). The number of para-hydroxylation sites is 1. The van der Waals surface area contributed by atoms with Gasteiger partial charge in [0.1, 0.15) is 6.04 Å². The molecule has 0 spiro atoms. The molecule has 1 aromatic carbocycles. The second kappa shape index (κ2) is 6.03. The summed E-state index contributed by atoms with van der Waals surface area (Å²) in [4.78, 5) is 27.7. The summed E-state index contributed by atoms with van der Waals surface area (Å²) >= 11 is 2.80. The summed E-state index contributed by atoms with van der Waals surface area (Å²) < 4.78 is 1.16. The minimum Gasteiger partial charge on any atom is -0.351 e. The van der Waals surface area contributed by atoms with Gasteiger partial charge in [-0.1, -0.05) is 23.9 Å². The molecule has 2 N–H and O–H groups in total. The van der Waals surface area contributed by atoms with E-state index in [9.17, 15) is 9.59 Å². The summed E-state index contributed by atoms with van der Waals surface area (Å²) in [5.74, 6) is 0.375. The highest BCUT2D eigenvalue weighted by molar-refractivity contribution is 8.14. The zero-order valence-electron chi connectivity index (χ0n) is 11.5. The lowest BCUT2D eigenvalue weighted by molar-refractivity contribution is -0.122. The molecule has 0 radical (unpaired) electrons. The molecule has 21 heavy (non-hydrogen) atoms. The van der Waals surface area contributed by atoms with Crippen molar-refractivity contribution in [1.29, 1.82) is 0 Å². The first-order valence-electron chi connectivity index (χ1n) is 6.70. The molecular formula is C14H15N3O2S2. The van der Waals surface area contributed by atoms with E-state index in [0.29, 0.717) is 12.2 Å². The number of carbonyl (C=O) groups excluding carboxylic acids is 2. The average molecular weight is 321 g/mol. The number of fused-ring (bicyclic) bond motifs is 1. The number of thioether (sulfide) groups is 1. The monoisotopic (exact) mass is 321 g/mol. The Kier molecular flexibility index (Phi) is 4.12. The second-order valence-electron chi connectivity index (χ2n) is 4.98. The fraction of sp³-hybridized carbons (Fsp3) is 0.357. The Hall–Kier alpha value is -1.60. The fourth-order valence-electron chi connectivity index (χ4n) is 2.19. The Balaban J connectivity index is 1.59. The van der Waals surface area contributed by atoms with Crippen molar-refractivity contribution in [1.82, 2.24) is 15.6 Å². The molecule has 1 saturated heterocycles. The van der Waals surface area contributed by atoms with Crippen molar-refractivity contribution < 1.29 is 9.59 Å². The molecule has 1 aliphatic heterocycles. The van der Waals surface area contributed by atoms with Gasteiger partial charge in [-0.15, -0.1) is 11.3 Å². The zero-order chi connectivity index (χ0) is 14.8. The van der Waals surface area contributed by atoms with Crippen LogP contribution in [0.25, 0.3) is 10.2 Å². The van der Waals surface area contributed by atoms with Crippen molar-refractivity contribution in [2.24, 2.45) is 0 Å². The van der Waals surface area contributed by atoms with Crippen LogP contribution in [0.5, 0.6) is 0 Å². The van der Waals surface area contributed by atoms with Gasteiger partial charge in [-0.25, -0.2) is 4.98 Å². The Morgan fingerprint density at radius 1 is 1.52 bits per heavy atom. The minimum absolute atomic E-state index is 0.0134. The molecule has 1 fully saturated rings. The normalized spacial score (nSPS) is 19.5. The molecule has 110 valence electrons. The number of thiazole rings is 1. The highest BCUT2D eigenvalue weighted by Crippen LogP contribution is 2.22. The van der Waals surface area contributed by atoms with E-state index in [1.807, 2.05) is 31.2 Å². The SMILES string of the molecule is CC(Cc1nc2ccccc2s1)NC(=O)C1CSC(=O)N1. The van der Waals surface area contributed by atoms with E-state index in [-0.39, 0.29) is 17.2 Å². The fourth-order valence-corrected chi connectivity index (χ4v) is 4.06. The van der Waals surface area contributed by atoms with Crippen LogP contribution in [0, 0.1) is 0 Å². The van der Waals surface area contributed by atoms with Crippen LogP contribution >= 0.6 is 23.1 Å². The number of aromatic nitrogens is 1. The van der Waals surface area contributed by atoms with Gasteiger partial charge in [-0.3, -0.25) is 9.59 Å². The van der Waals surface area contributed by atoms with E-state index in [4.69, 9.17) is 0 Å². The quantitative estimate of drug-likeness (QED) is 0.905. The van der Waals surface area contributed by atoms with Gasteiger partial charge in [0.2, 0.25) is 5.91 Å². The maximum absolute atomic E-state index is 12.0. The van der Waals surface area contributed by atoms with Crippen LogP contribution in [0.15, 0.2) is 24.3 Å². The molecule has 2 atom stereocenters. The van der Waals surface area contributed by atoms with Gasteiger partial charge in [-0.2, -0.15) is 0 Å². The van der Waals surface area contributed by atoms with E-state index in [1.165, 1.54) is 0 Å². The smallest absolute Gasteiger partial charge is 0.279 e. The molecule has 0 aliphatic carbocycles. The van der Waals surface area contributed by atoms with Crippen molar-refractivity contribution in [3.05, 3.63) is 29.3 Å². The minimum atomic E-state index is -0.416. The number of amides is 2. The molecule has 2 amide bonds. The average Bonchev–Trinajstić information content (AvgIpc) is 3.03. The Morgan fingerprint density at radius 2 is 2.33 bits per heavy atom. The lowest BCUT2D eigenvalue weighted by Crippen LogP contribution is -2.46. The first kappa shape index (κ1) is 14.3. The van der Waals surface area contributed by atoms with Gasteiger partial charge >= 0.3 is 0 Å². The topological polar surface area (TPSA) is 71.1 Å². The van der Waals surface area contributed by atoms with Gasteiger partial charge in [0.15, 0.2) is 0 Å². The Bertz CT molecular complexity index is 653. The maximum atomic E-state index is 12.0. The summed E-state index contributed by atoms with van der Waals surface area (Å²) in [5.41, 5.74) is 0.996. The van der Waals surface area contributed by atoms with Gasteiger partial charge in [0, 0.05) is 18.2 Å². The summed E-state index contributed by atoms with van der Waals surface area (Å²) in [6.07, 6.45) is 0.693. The number of benzene rings is 1. The van der Waals surface area contributed by atoms with Crippen LogP contribution in [-0.4, -0.2) is 34.0 Å². The number of nitrogens with one attached hydrogen (secondary N) is 2. The largest absolute Gasteiger partial charge is 0.351 e. The Labute approximate surface area is 130 Å². The molecule has 3 rings (SSSR count). The summed E-state index contributed by atoms with van der Waals surface area (Å²) in [7, 11) is 0. The van der Waals surface area contributed by atoms with Crippen molar-refractivity contribution >= 4 is 44.5 Å². The molecule has 0 bridgehead atoms. The third kappa shape index (κ3) is 3.36. The van der Waals surface area contributed by atoms with Crippen molar-refractivity contribution in [2.75, 3.05) is 5.75 Å². The molecule has 2 aromatic rings. The summed E-state index contributed by atoms with van der Waals surface area (Å²) in [6.45, 7) is 1.95. The Morgan fingerprint density at radius 3 is 3.05 bits per heavy atom. The number of hydrogen-bond acceptors (Lipinski definition) is 5. The molecule has 1 aliphatic rings. The number of rotatable bonds is 4. The van der Waals surface area contributed by atoms with Crippen LogP contribution in [0.3, 0.4) is 0 Å². The first-order valence-corrected chi connectivity index (χ1v) is 8.50. The van der Waals surface area contributed by atoms with Crippen LogP contribution in [-0.2, 0) is 11.2 Å². The van der Waals surface area contributed by atoms with Crippen LogP contribution in [0.2, 0.25) is 0 Å². The summed E-state index contributed by atoms with van der Waals surface area (Å²) in [5, 5.41) is 6.46. The van der Waals surface area contributed by atoms with Crippen molar-refractivity contribution in [2.45, 2.75) is 25.4 Å². The molecule has 1 aromatic heterocycles. The molecule has 2 unspecified atom stereocenters. The number of nitrogens with zero attached hydrogens (tertiary/aromatic N) is 1. The third-order valence-electron chi connectivity index (χ3n) is 3.20. The van der Waals surface area contributed by atoms with E-state index in [0.717, 1.165) is 27.0 Å². The predicted octanol–water partition coefficient (Wildman–Crippen LogP) is 2.17. The molecule has 0 saturated carbocycles. The third-order valence-corrected chi connectivity index (χ3v) is 5.14. The second-order valence-corrected chi connectivity index (χ2v) is 7.09. The number of carbonyl (C=O) groups is 2. The van der Waals surface area contributed by atoms with E-state index < -0.39 is 6.04 Å². The van der Waals surface area contributed by atoms with E-state index in [2.05, 4.69) is 15.6 Å². The zero-order valence-corrected chi connectivity index (χ0v) is 13.1. The van der Waals surface area contributed by atoms with Crippen molar-refractivity contribution in [3.63, 3.8) is 0 Å². The van der Waals surface area contributed by atoms with E-state index >= 15 is 0 Å². The molecule has 5 nitrogen and oxygen atoms in total. The van der Waals surface area contributed by atoms with Crippen LogP contribution < -0.4 is 10.6 Å². The molecular weight excluding hydrogens is 306 g/mol. The first-order chi connectivity index (χ1) is 10.1. The van der Waals surface area contributed by atoms with Crippen molar-refractivity contribution in [3.8, 4) is 0 Å². The molecule has 2 heterocycles. The highest BCUT2D eigenvalue weighted by atomic mass is 32.2. The van der Waals surface area contributed by atoms with Gasteiger partial charge in [0.05, 0.1) is 15.2 Å². The van der Waals surface area contributed by atoms with Gasteiger partial charge in [0.25, 0.3) is 5.24 Å². The maximum Gasteiger partial charge on any atom is 0.279 e. The van der Waals surface area contributed by atoms with Gasteiger partial charge in [-0.05, 0) is 19.1 Å². The van der Waals surface area contributed by atoms with Gasteiger partial charge < -0.3 is 10.6 Å². The van der Waals surface area contributed by atoms with Crippen LogP contribution in [0.1, 0.15) is 11.9 Å². The van der Waals surface area contributed by atoms with E-state index in [1.54, 1.807) is 11.3 Å².